The molecule has 1 amide bonds. The number of fused-ring (bicyclic) bond motifs is 1. The van der Waals surface area contributed by atoms with Gasteiger partial charge in [-0.3, -0.25) is 4.79 Å². The van der Waals surface area contributed by atoms with Gasteiger partial charge >= 0.3 is 0 Å². The van der Waals surface area contributed by atoms with Crippen molar-refractivity contribution in [1.82, 2.24) is 13.5 Å². The predicted octanol–water partition coefficient (Wildman–Crippen LogP) is 5.21. The average Bonchev–Trinajstić information content (AvgIpc) is 3.27. The molecule has 0 radical (unpaired) electrons. The van der Waals surface area contributed by atoms with E-state index in [1.54, 1.807) is 24.3 Å². The summed E-state index contributed by atoms with van der Waals surface area (Å²) in [6.45, 7) is 6.18. The highest BCUT2D eigenvalue weighted by Gasteiger charge is 2.27. The quantitative estimate of drug-likeness (QED) is 0.382. The molecule has 0 saturated carbocycles. The number of carbonyl (C=O) groups is 1. The van der Waals surface area contributed by atoms with Crippen LogP contribution in [0.1, 0.15) is 49.8 Å². The minimum Gasteiger partial charge on any atom is -0.273 e. The fourth-order valence-electron chi connectivity index (χ4n) is 3.82. The van der Waals surface area contributed by atoms with Gasteiger partial charge in [0.1, 0.15) is 11.0 Å². The average molecular weight is 494 g/mol. The van der Waals surface area contributed by atoms with Crippen molar-refractivity contribution in [3.05, 3.63) is 89.5 Å². The number of benzene rings is 3. The largest absolute Gasteiger partial charge is 0.273 e. The molecule has 0 fully saturated rings. The molecule has 34 heavy (non-hydrogen) atoms. The van der Waals surface area contributed by atoms with E-state index in [1.165, 1.54) is 0 Å². The van der Waals surface area contributed by atoms with Gasteiger partial charge in [-0.25, -0.2) is 13.1 Å². The molecular formula is C26H27N3O3S2. The van der Waals surface area contributed by atoms with Crippen LogP contribution in [0.2, 0.25) is 0 Å². The van der Waals surface area contributed by atoms with Crippen LogP contribution in [0, 0.1) is 0 Å². The van der Waals surface area contributed by atoms with E-state index in [-0.39, 0.29) is 10.3 Å². The number of carbonyl (C=O) groups excluding carboxylic acids is 1. The molecule has 3 aromatic carbocycles. The zero-order chi connectivity index (χ0) is 24.3. The standard InChI is InChI=1S/C26H27N3O3S2/c1-26(2,3)20-11-13-21(14-12-20)34(31,32)29-25(30)22(15-9-18-7-5-4-6-8-18)19-10-16-23-24(17-19)28-33-27-23/h4-8,10-14,16-17,22H,9,15H2,1-3H3,(H,29,30). The number of aryl methyl sites for hydroxylation is 1. The van der Waals surface area contributed by atoms with Gasteiger partial charge in [0, 0.05) is 0 Å². The van der Waals surface area contributed by atoms with Crippen LogP contribution >= 0.6 is 11.7 Å². The van der Waals surface area contributed by atoms with Crippen molar-refractivity contribution in [2.45, 2.75) is 49.8 Å². The van der Waals surface area contributed by atoms with Crippen molar-refractivity contribution in [3.8, 4) is 0 Å². The molecule has 1 heterocycles. The van der Waals surface area contributed by atoms with Crippen LogP contribution in [0.5, 0.6) is 0 Å². The number of aromatic nitrogens is 2. The molecule has 176 valence electrons. The van der Waals surface area contributed by atoms with Crippen molar-refractivity contribution in [1.29, 1.82) is 0 Å². The van der Waals surface area contributed by atoms with Crippen molar-refractivity contribution < 1.29 is 13.2 Å². The number of amides is 1. The van der Waals surface area contributed by atoms with Crippen molar-refractivity contribution in [2.24, 2.45) is 0 Å². The predicted molar refractivity (Wildman–Crippen MR) is 135 cm³/mol. The summed E-state index contributed by atoms with van der Waals surface area (Å²) < 4.78 is 36.9. The summed E-state index contributed by atoms with van der Waals surface area (Å²) in [7, 11) is -4.01. The van der Waals surface area contributed by atoms with E-state index < -0.39 is 21.8 Å². The van der Waals surface area contributed by atoms with Crippen molar-refractivity contribution in [2.75, 3.05) is 0 Å². The second-order valence-corrected chi connectivity index (χ2v) is 11.5. The normalized spacial score (nSPS) is 13.0. The molecule has 4 rings (SSSR count). The van der Waals surface area contributed by atoms with Crippen molar-refractivity contribution in [3.63, 3.8) is 0 Å². The second-order valence-electron chi connectivity index (χ2n) is 9.33. The van der Waals surface area contributed by atoms with Crippen LogP contribution < -0.4 is 4.72 Å². The monoisotopic (exact) mass is 493 g/mol. The maximum atomic E-state index is 13.3. The smallest absolute Gasteiger partial charge is 0.264 e. The van der Waals surface area contributed by atoms with Gasteiger partial charge in [-0.2, -0.15) is 8.75 Å². The Hall–Kier alpha value is -3.10. The first-order valence-corrected chi connectivity index (χ1v) is 13.3. The number of hydrogen-bond acceptors (Lipinski definition) is 6. The Balaban J connectivity index is 1.60. The lowest BCUT2D eigenvalue weighted by molar-refractivity contribution is -0.120. The Kier molecular flexibility index (Phi) is 6.81. The Bertz CT molecular complexity index is 1390. The molecule has 1 N–H and O–H groups in total. The third-order valence-corrected chi connectivity index (χ3v) is 7.75. The van der Waals surface area contributed by atoms with E-state index in [2.05, 4.69) is 34.2 Å². The number of nitrogens with one attached hydrogen (secondary N) is 1. The van der Waals surface area contributed by atoms with Crippen molar-refractivity contribution >= 4 is 38.7 Å². The summed E-state index contributed by atoms with van der Waals surface area (Å²) in [5.74, 6) is -1.21. The topological polar surface area (TPSA) is 89.0 Å². The first-order valence-electron chi connectivity index (χ1n) is 11.1. The minimum absolute atomic E-state index is 0.0646. The minimum atomic E-state index is -4.01. The summed E-state index contributed by atoms with van der Waals surface area (Å²) >= 11 is 1.11. The van der Waals surface area contributed by atoms with Gasteiger partial charge in [0.05, 0.1) is 22.5 Å². The second kappa shape index (κ2) is 9.64. The van der Waals surface area contributed by atoms with Gasteiger partial charge in [0.2, 0.25) is 5.91 Å². The number of nitrogens with zero attached hydrogens (tertiary/aromatic N) is 2. The molecule has 6 nitrogen and oxygen atoms in total. The first kappa shape index (κ1) is 24.0. The van der Waals surface area contributed by atoms with Gasteiger partial charge in [0.25, 0.3) is 10.0 Å². The number of rotatable bonds is 7. The van der Waals surface area contributed by atoms with E-state index in [9.17, 15) is 13.2 Å². The van der Waals surface area contributed by atoms with Crippen LogP contribution in [0.15, 0.2) is 77.7 Å². The van der Waals surface area contributed by atoms with Gasteiger partial charge in [-0.15, -0.1) is 0 Å². The lowest BCUT2D eigenvalue weighted by Gasteiger charge is -2.20. The third kappa shape index (κ3) is 5.51. The first-order chi connectivity index (χ1) is 16.1. The number of sulfonamides is 1. The van der Waals surface area contributed by atoms with E-state index in [1.807, 2.05) is 48.5 Å². The summed E-state index contributed by atoms with van der Waals surface area (Å²) in [5.41, 5.74) is 4.16. The Labute approximate surface area is 204 Å². The zero-order valence-corrected chi connectivity index (χ0v) is 21.0. The summed E-state index contributed by atoms with van der Waals surface area (Å²) in [5, 5.41) is 0. The molecule has 0 bridgehead atoms. The SMILES string of the molecule is CC(C)(C)c1ccc(S(=O)(=O)NC(=O)C(CCc2ccccc2)c2ccc3nsnc3c2)cc1. The van der Waals surface area contributed by atoms with E-state index in [0.717, 1.165) is 28.4 Å². The molecule has 1 atom stereocenters. The van der Waals surface area contributed by atoms with Gasteiger partial charge in [-0.1, -0.05) is 69.3 Å². The highest BCUT2D eigenvalue weighted by molar-refractivity contribution is 7.90. The molecule has 0 aliphatic rings. The maximum Gasteiger partial charge on any atom is 0.264 e. The Morgan fingerprint density at radius 2 is 1.62 bits per heavy atom. The molecule has 0 spiro atoms. The van der Waals surface area contributed by atoms with Crippen LogP contribution in [0.3, 0.4) is 0 Å². The van der Waals surface area contributed by atoms with Gasteiger partial charge < -0.3 is 0 Å². The van der Waals surface area contributed by atoms with Crippen LogP contribution in [-0.4, -0.2) is 23.1 Å². The Morgan fingerprint density at radius 1 is 0.941 bits per heavy atom. The molecular weight excluding hydrogens is 466 g/mol. The lowest BCUT2D eigenvalue weighted by Crippen LogP contribution is -2.35. The molecule has 1 aromatic heterocycles. The summed E-state index contributed by atoms with van der Waals surface area (Å²) in [6, 6.07) is 21.9. The van der Waals surface area contributed by atoms with Gasteiger partial charge in [-0.05, 0) is 59.2 Å². The summed E-state index contributed by atoms with van der Waals surface area (Å²) in [6.07, 6.45) is 1.09. The lowest BCUT2D eigenvalue weighted by atomic mass is 9.87. The fourth-order valence-corrected chi connectivity index (χ4v) is 5.35. The molecule has 4 aromatic rings. The van der Waals surface area contributed by atoms with Gasteiger partial charge in [0.15, 0.2) is 0 Å². The van der Waals surface area contributed by atoms with E-state index in [0.29, 0.717) is 23.9 Å². The zero-order valence-electron chi connectivity index (χ0n) is 19.4. The van der Waals surface area contributed by atoms with E-state index in [4.69, 9.17) is 0 Å². The highest BCUT2D eigenvalue weighted by Crippen LogP contribution is 2.27. The van der Waals surface area contributed by atoms with Crippen LogP contribution in [-0.2, 0) is 26.7 Å². The molecule has 0 aliphatic heterocycles. The number of hydrogen-bond donors (Lipinski definition) is 1. The fraction of sp³-hybridized carbons (Fsp3) is 0.269. The third-order valence-electron chi connectivity index (χ3n) is 5.83. The maximum absolute atomic E-state index is 13.3. The Morgan fingerprint density at radius 3 is 2.29 bits per heavy atom. The van der Waals surface area contributed by atoms with Crippen LogP contribution in [0.4, 0.5) is 0 Å². The molecule has 1 unspecified atom stereocenters. The summed E-state index contributed by atoms with van der Waals surface area (Å²) in [4.78, 5) is 13.4. The highest BCUT2D eigenvalue weighted by atomic mass is 32.2. The molecule has 8 heteroatoms. The molecule has 0 aliphatic carbocycles. The molecule has 0 saturated heterocycles. The van der Waals surface area contributed by atoms with Crippen LogP contribution in [0.25, 0.3) is 11.0 Å². The van der Waals surface area contributed by atoms with E-state index >= 15 is 0 Å².